The van der Waals surface area contributed by atoms with Gasteiger partial charge in [0.1, 0.15) is 0 Å². The molecule has 1 aliphatic heterocycles. The lowest BCUT2D eigenvalue weighted by molar-refractivity contribution is -0.135. The number of hydrogen-bond acceptors (Lipinski definition) is 2. The Hall–Kier alpha value is -0.570. The Morgan fingerprint density at radius 2 is 1.93 bits per heavy atom. The van der Waals surface area contributed by atoms with Crippen LogP contribution >= 0.6 is 0 Å². The third kappa shape index (κ3) is 2.94. The summed E-state index contributed by atoms with van der Waals surface area (Å²) in [4.78, 5) is 13.9. The lowest BCUT2D eigenvalue weighted by Gasteiger charge is -2.37. The van der Waals surface area contributed by atoms with E-state index in [9.17, 15) is 4.79 Å². The summed E-state index contributed by atoms with van der Waals surface area (Å²) in [5, 5.41) is 0. The molecule has 1 amide bonds. The highest BCUT2D eigenvalue weighted by Crippen LogP contribution is 2.23. The fraction of sp³-hybridized carbons (Fsp3) is 0.917. The van der Waals surface area contributed by atoms with Crippen molar-refractivity contribution in [3.63, 3.8) is 0 Å². The molecule has 0 spiro atoms. The third-order valence-corrected chi connectivity index (χ3v) is 3.65. The first-order valence-corrected chi connectivity index (χ1v) is 5.97. The molecule has 3 nitrogen and oxygen atoms in total. The second-order valence-electron chi connectivity index (χ2n) is 5.30. The first-order chi connectivity index (χ1) is 6.93. The van der Waals surface area contributed by atoms with Gasteiger partial charge in [0.15, 0.2) is 0 Å². The molecule has 0 saturated carbocycles. The summed E-state index contributed by atoms with van der Waals surface area (Å²) in [5.41, 5.74) is 5.88. The Bertz CT molecular complexity index is 228. The molecule has 0 aromatic heterocycles. The normalized spacial score (nSPS) is 29.3. The Labute approximate surface area is 93.0 Å². The van der Waals surface area contributed by atoms with E-state index in [1.807, 2.05) is 18.7 Å². The van der Waals surface area contributed by atoms with Gasteiger partial charge < -0.3 is 10.6 Å². The molecule has 1 rings (SSSR count). The molecule has 2 N–H and O–H groups in total. The van der Waals surface area contributed by atoms with Gasteiger partial charge in [0, 0.05) is 13.1 Å². The molecule has 15 heavy (non-hydrogen) atoms. The molecule has 1 heterocycles. The van der Waals surface area contributed by atoms with Crippen molar-refractivity contribution in [2.75, 3.05) is 13.1 Å². The number of rotatable bonds is 2. The smallest absolute Gasteiger partial charge is 0.239 e. The summed E-state index contributed by atoms with van der Waals surface area (Å²) in [5.74, 6) is 1.68. The molecule has 1 fully saturated rings. The number of piperidine rings is 1. The SMILES string of the molecule is CC1CCN(C(=O)[C@@H](N)C(C)C)CC1C. The molecular weight excluding hydrogens is 188 g/mol. The van der Waals surface area contributed by atoms with Gasteiger partial charge in [0.2, 0.25) is 5.91 Å². The van der Waals surface area contributed by atoms with Crippen LogP contribution in [0.1, 0.15) is 34.1 Å². The van der Waals surface area contributed by atoms with E-state index in [1.165, 1.54) is 0 Å². The van der Waals surface area contributed by atoms with E-state index < -0.39 is 0 Å². The monoisotopic (exact) mass is 212 g/mol. The Morgan fingerprint density at radius 1 is 1.33 bits per heavy atom. The van der Waals surface area contributed by atoms with Gasteiger partial charge in [-0.2, -0.15) is 0 Å². The number of likely N-dealkylation sites (tertiary alicyclic amines) is 1. The van der Waals surface area contributed by atoms with E-state index in [0.717, 1.165) is 25.4 Å². The molecule has 0 aromatic rings. The topological polar surface area (TPSA) is 46.3 Å². The summed E-state index contributed by atoms with van der Waals surface area (Å²) in [6.45, 7) is 10.2. The van der Waals surface area contributed by atoms with E-state index in [-0.39, 0.29) is 17.9 Å². The van der Waals surface area contributed by atoms with E-state index in [4.69, 9.17) is 5.73 Å². The van der Waals surface area contributed by atoms with Gasteiger partial charge in [0.05, 0.1) is 6.04 Å². The van der Waals surface area contributed by atoms with Crippen molar-refractivity contribution in [2.24, 2.45) is 23.5 Å². The van der Waals surface area contributed by atoms with Gasteiger partial charge >= 0.3 is 0 Å². The molecule has 0 radical (unpaired) electrons. The maximum atomic E-state index is 12.0. The predicted molar refractivity (Wildman–Crippen MR) is 62.3 cm³/mol. The van der Waals surface area contributed by atoms with Crippen LogP contribution in [0.5, 0.6) is 0 Å². The molecule has 3 heteroatoms. The summed E-state index contributed by atoms with van der Waals surface area (Å²) in [7, 11) is 0. The molecule has 3 atom stereocenters. The minimum atomic E-state index is -0.328. The van der Waals surface area contributed by atoms with E-state index in [1.54, 1.807) is 0 Å². The Morgan fingerprint density at radius 3 is 2.40 bits per heavy atom. The number of carbonyl (C=O) groups excluding carboxylic acids is 1. The summed E-state index contributed by atoms with van der Waals surface area (Å²) in [6.07, 6.45) is 1.11. The minimum Gasteiger partial charge on any atom is -0.341 e. The van der Waals surface area contributed by atoms with Crippen molar-refractivity contribution in [1.82, 2.24) is 4.90 Å². The molecular formula is C12H24N2O. The molecule has 0 aromatic carbocycles. The number of amides is 1. The van der Waals surface area contributed by atoms with Gasteiger partial charge in [0.25, 0.3) is 0 Å². The van der Waals surface area contributed by atoms with Gasteiger partial charge in [-0.25, -0.2) is 0 Å². The molecule has 1 aliphatic rings. The lowest BCUT2D eigenvalue weighted by atomic mass is 9.88. The Balaban J connectivity index is 2.54. The highest BCUT2D eigenvalue weighted by atomic mass is 16.2. The van der Waals surface area contributed by atoms with Crippen LogP contribution in [0.25, 0.3) is 0 Å². The van der Waals surface area contributed by atoms with Crippen molar-refractivity contribution >= 4 is 5.91 Å². The third-order valence-electron chi connectivity index (χ3n) is 3.65. The van der Waals surface area contributed by atoms with Crippen LogP contribution in [0.15, 0.2) is 0 Å². The second-order valence-corrected chi connectivity index (χ2v) is 5.30. The lowest BCUT2D eigenvalue weighted by Crippen LogP contribution is -2.50. The van der Waals surface area contributed by atoms with E-state index >= 15 is 0 Å². The number of hydrogen-bond donors (Lipinski definition) is 1. The van der Waals surface area contributed by atoms with Gasteiger partial charge in [-0.05, 0) is 24.2 Å². The maximum Gasteiger partial charge on any atom is 0.239 e. The van der Waals surface area contributed by atoms with E-state index in [2.05, 4.69) is 13.8 Å². The van der Waals surface area contributed by atoms with Crippen molar-refractivity contribution in [3.05, 3.63) is 0 Å². The molecule has 0 bridgehead atoms. The average Bonchev–Trinajstić information content (AvgIpc) is 2.19. The number of carbonyl (C=O) groups is 1. The first-order valence-electron chi connectivity index (χ1n) is 5.97. The summed E-state index contributed by atoms with van der Waals surface area (Å²) >= 11 is 0. The van der Waals surface area contributed by atoms with Crippen LogP contribution in [0.2, 0.25) is 0 Å². The zero-order valence-corrected chi connectivity index (χ0v) is 10.4. The largest absolute Gasteiger partial charge is 0.341 e. The van der Waals surface area contributed by atoms with E-state index in [0.29, 0.717) is 5.92 Å². The van der Waals surface area contributed by atoms with Crippen LogP contribution in [-0.2, 0) is 4.79 Å². The summed E-state index contributed by atoms with van der Waals surface area (Å²) < 4.78 is 0. The minimum absolute atomic E-state index is 0.128. The van der Waals surface area contributed by atoms with Crippen LogP contribution in [0, 0.1) is 17.8 Å². The van der Waals surface area contributed by atoms with Crippen LogP contribution in [0.3, 0.4) is 0 Å². The van der Waals surface area contributed by atoms with Crippen molar-refractivity contribution in [3.8, 4) is 0 Å². The predicted octanol–water partition coefficient (Wildman–Crippen LogP) is 1.47. The van der Waals surface area contributed by atoms with Gasteiger partial charge in [-0.3, -0.25) is 4.79 Å². The maximum absolute atomic E-state index is 12.0. The van der Waals surface area contributed by atoms with Gasteiger partial charge in [-0.1, -0.05) is 27.7 Å². The molecule has 88 valence electrons. The molecule has 0 aliphatic carbocycles. The summed E-state index contributed by atoms with van der Waals surface area (Å²) in [6, 6.07) is -0.328. The highest BCUT2D eigenvalue weighted by Gasteiger charge is 2.29. The number of nitrogens with two attached hydrogens (primary N) is 1. The fourth-order valence-electron chi connectivity index (χ4n) is 1.96. The second kappa shape index (κ2) is 4.97. The van der Waals surface area contributed by atoms with Gasteiger partial charge in [-0.15, -0.1) is 0 Å². The first kappa shape index (κ1) is 12.5. The fourth-order valence-corrected chi connectivity index (χ4v) is 1.96. The van der Waals surface area contributed by atoms with Crippen LogP contribution in [0.4, 0.5) is 0 Å². The Kier molecular flexibility index (Phi) is 4.14. The zero-order valence-electron chi connectivity index (χ0n) is 10.4. The zero-order chi connectivity index (χ0) is 11.6. The van der Waals surface area contributed by atoms with Crippen molar-refractivity contribution in [1.29, 1.82) is 0 Å². The molecule has 2 unspecified atom stereocenters. The quantitative estimate of drug-likeness (QED) is 0.753. The average molecular weight is 212 g/mol. The highest BCUT2D eigenvalue weighted by molar-refractivity contribution is 5.82. The van der Waals surface area contributed by atoms with Crippen molar-refractivity contribution < 1.29 is 4.79 Å². The number of nitrogens with zero attached hydrogens (tertiary/aromatic N) is 1. The standard InChI is InChI=1S/C12H24N2O/c1-8(2)11(13)12(15)14-6-5-9(3)10(4)7-14/h8-11H,5-7,13H2,1-4H3/t9?,10?,11-/m0/s1. The van der Waals surface area contributed by atoms with Crippen LogP contribution in [-0.4, -0.2) is 29.9 Å². The van der Waals surface area contributed by atoms with Crippen molar-refractivity contribution in [2.45, 2.75) is 40.2 Å². The molecule has 1 saturated heterocycles. The van der Waals surface area contributed by atoms with Crippen LogP contribution < -0.4 is 5.73 Å².